The quantitative estimate of drug-likeness (QED) is 0.315. The van der Waals surface area contributed by atoms with Gasteiger partial charge in [-0.25, -0.2) is 4.98 Å². The van der Waals surface area contributed by atoms with Crippen LogP contribution < -0.4 is 14.8 Å². The number of hydrogen-bond acceptors (Lipinski definition) is 8. The first-order valence-electron chi connectivity index (χ1n) is 11.8. The Bertz CT molecular complexity index is 1090. The Hall–Kier alpha value is -2.85. The zero-order chi connectivity index (χ0) is 24.1. The first kappa shape index (κ1) is 24.3. The Labute approximate surface area is 198 Å². The van der Waals surface area contributed by atoms with E-state index in [2.05, 4.69) is 17.2 Å². The molecule has 1 aromatic heterocycles. The molecule has 1 aliphatic rings. The van der Waals surface area contributed by atoms with Crippen molar-refractivity contribution >= 4 is 17.0 Å². The van der Waals surface area contributed by atoms with E-state index in [0.29, 0.717) is 37.2 Å². The second-order valence-electron chi connectivity index (χ2n) is 8.29. The van der Waals surface area contributed by atoms with Gasteiger partial charge in [0, 0.05) is 6.54 Å². The van der Waals surface area contributed by atoms with Crippen LogP contribution in [0.25, 0.3) is 11.0 Å². The molecule has 4 N–H and O–H groups in total. The van der Waals surface area contributed by atoms with Crippen molar-refractivity contribution < 1.29 is 29.5 Å². The number of nitrogens with zero attached hydrogens (tertiary/aromatic N) is 2. The predicted octanol–water partition coefficient (Wildman–Crippen LogP) is 2.84. The third-order valence-electron chi connectivity index (χ3n) is 5.88. The Morgan fingerprint density at radius 3 is 2.62 bits per heavy atom. The van der Waals surface area contributed by atoms with Gasteiger partial charge in [0.25, 0.3) is 0 Å². The Morgan fingerprint density at radius 1 is 1.06 bits per heavy atom. The summed E-state index contributed by atoms with van der Waals surface area (Å²) in [6.07, 6.45) is -2.17. The van der Waals surface area contributed by atoms with Gasteiger partial charge in [-0.15, -0.1) is 0 Å². The number of benzene rings is 2. The number of rotatable bonds is 11. The minimum atomic E-state index is -1.21. The van der Waals surface area contributed by atoms with Crippen LogP contribution >= 0.6 is 0 Å². The van der Waals surface area contributed by atoms with Crippen molar-refractivity contribution in [3.63, 3.8) is 0 Å². The molecule has 2 heterocycles. The largest absolute Gasteiger partial charge is 0.490 e. The maximum Gasteiger partial charge on any atom is 0.206 e. The van der Waals surface area contributed by atoms with Gasteiger partial charge < -0.3 is 34.8 Å². The Morgan fingerprint density at radius 2 is 1.88 bits per heavy atom. The van der Waals surface area contributed by atoms with Crippen molar-refractivity contribution in [2.45, 2.75) is 57.8 Å². The molecule has 34 heavy (non-hydrogen) atoms. The van der Waals surface area contributed by atoms with Crippen molar-refractivity contribution in [1.82, 2.24) is 9.55 Å². The van der Waals surface area contributed by atoms with Gasteiger partial charge in [-0.2, -0.15) is 0 Å². The molecule has 0 unspecified atom stereocenters. The lowest BCUT2D eigenvalue weighted by Gasteiger charge is -2.20. The summed E-state index contributed by atoms with van der Waals surface area (Å²) in [5, 5.41) is 33.7. The number of para-hydroxylation sites is 2. The van der Waals surface area contributed by atoms with Crippen LogP contribution in [0, 0.1) is 0 Å². The van der Waals surface area contributed by atoms with E-state index < -0.39 is 31.1 Å². The van der Waals surface area contributed by atoms with Crippen molar-refractivity contribution in [1.29, 1.82) is 0 Å². The highest BCUT2D eigenvalue weighted by atomic mass is 16.6. The molecule has 9 nitrogen and oxygen atoms in total. The van der Waals surface area contributed by atoms with Crippen molar-refractivity contribution in [3.05, 3.63) is 48.0 Å². The lowest BCUT2D eigenvalue weighted by atomic mass is 10.1. The SMILES string of the molecule is CCCCOc1cc(CNc2nc3ccccc3n2[C@@H]2O[C@H](CO)[C@@H](O)[C@H]2O)ccc1OCC. The van der Waals surface area contributed by atoms with Gasteiger partial charge in [0.05, 0.1) is 30.9 Å². The van der Waals surface area contributed by atoms with Crippen LogP contribution in [-0.2, 0) is 11.3 Å². The van der Waals surface area contributed by atoms with Crippen LogP contribution in [-0.4, -0.2) is 63.0 Å². The van der Waals surface area contributed by atoms with Crippen molar-refractivity contribution in [2.24, 2.45) is 0 Å². The number of fused-ring (bicyclic) bond motifs is 1. The third-order valence-corrected chi connectivity index (χ3v) is 5.88. The summed E-state index contributed by atoms with van der Waals surface area (Å²) < 4.78 is 19.2. The van der Waals surface area contributed by atoms with E-state index in [1.807, 2.05) is 49.4 Å². The number of aliphatic hydroxyl groups is 3. The van der Waals surface area contributed by atoms with Gasteiger partial charge >= 0.3 is 0 Å². The van der Waals surface area contributed by atoms with Crippen LogP contribution in [0.2, 0.25) is 0 Å². The van der Waals surface area contributed by atoms with Crippen LogP contribution in [0.3, 0.4) is 0 Å². The number of nitrogens with one attached hydrogen (secondary N) is 1. The average Bonchev–Trinajstić information content (AvgIpc) is 3.35. The van der Waals surface area contributed by atoms with E-state index in [9.17, 15) is 15.3 Å². The van der Waals surface area contributed by atoms with E-state index in [0.717, 1.165) is 29.4 Å². The van der Waals surface area contributed by atoms with Gasteiger partial charge in [0.2, 0.25) is 5.95 Å². The highest BCUT2D eigenvalue weighted by Crippen LogP contribution is 2.35. The molecule has 4 atom stereocenters. The lowest BCUT2D eigenvalue weighted by Crippen LogP contribution is -2.33. The molecule has 4 rings (SSSR count). The first-order chi connectivity index (χ1) is 16.6. The second kappa shape index (κ2) is 11.1. The van der Waals surface area contributed by atoms with Crippen LogP contribution in [0.1, 0.15) is 38.5 Å². The third kappa shape index (κ3) is 4.97. The molecule has 0 bridgehead atoms. The van der Waals surface area contributed by atoms with Gasteiger partial charge in [-0.1, -0.05) is 31.5 Å². The Balaban J connectivity index is 1.59. The molecule has 1 saturated heterocycles. The summed E-state index contributed by atoms with van der Waals surface area (Å²) in [5.41, 5.74) is 2.43. The molecule has 0 aliphatic carbocycles. The monoisotopic (exact) mass is 471 g/mol. The van der Waals surface area contributed by atoms with E-state index in [1.165, 1.54) is 0 Å². The van der Waals surface area contributed by atoms with E-state index in [1.54, 1.807) is 4.57 Å². The van der Waals surface area contributed by atoms with Gasteiger partial charge in [0.15, 0.2) is 17.7 Å². The fraction of sp³-hybridized carbons (Fsp3) is 0.480. The minimum absolute atomic E-state index is 0.392. The Kier molecular flexibility index (Phi) is 7.89. The predicted molar refractivity (Wildman–Crippen MR) is 128 cm³/mol. The molecule has 1 fully saturated rings. The summed E-state index contributed by atoms with van der Waals surface area (Å²) in [5.74, 6) is 1.89. The summed E-state index contributed by atoms with van der Waals surface area (Å²) >= 11 is 0. The molecule has 1 aliphatic heterocycles. The molecular formula is C25H33N3O6. The average molecular weight is 472 g/mol. The van der Waals surface area contributed by atoms with Crippen LogP contribution in [0.15, 0.2) is 42.5 Å². The molecule has 0 spiro atoms. The summed E-state index contributed by atoms with van der Waals surface area (Å²) in [4.78, 5) is 4.67. The van der Waals surface area contributed by atoms with E-state index >= 15 is 0 Å². The summed E-state index contributed by atoms with van der Waals surface area (Å²) in [6.45, 7) is 5.27. The topological polar surface area (TPSA) is 118 Å². The molecule has 184 valence electrons. The molecule has 0 radical (unpaired) electrons. The number of unbranched alkanes of at least 4 members (excludes halogenated alkanes) is 1. The second-order valence-corrected chi connectivity index (χ2v) is 8.29. The summed E-state index contributed by atoms with van der Waals surface area (Å²) in [6, 6.07) is 13.3. The fourth-order valence-electron chi connectivity index (χ4n) is 4.08. The molecule has 0 amide bonds. The molecule has 2 aromatic carbocycles. The maximum atomic E-state index is 10.6. The standard InChI is InChI=1S/C25H33N3O6/c1-3-5-12-33-20-13-16(10-11-19(20)32-4-2)14-26-25-27-17-8-6-7-9-18(17)28(25)24-23(31)22(30)21(15-29)34-24/h6-11,13,21-24,29-31H,3-5,12,14-15H2,1-2H3,(H,26,27)/t21-,22-,23-,24-/m1/s1. The smallest absolute Gasteiger partial charge is 0.206 e. The van der Waals surface area contributed by atoms with Crippen molar-refractivity contribution in [2.75, 3.05) is 25.1 Å². The first-order valence-corrected chi connectivity index (χ1v) is 11.8. The van der Waals surface area contributed by atoms with Gasteiger partial charge in [0.1, 0.15) is 18.3 Å². The van der Waals surface area contributed by atoms with Crippen LogP contribution in [0.5, 0.6) is 11.5 Å². The van der Waals surface area contributed by atoms with Gasteiger partial charge in [-0.05, 0) is 43.2 Å². The molecule has 9 heteroatoms. The highest BCUT2D eigenvalue weighted by molar-refractivity contribution is 5.78. The number of imidazole rings is 1. The van der Waals surface area contributed by atoms with E-state index in [-0.39, 0.29) is 0 Å². The lowest BCUT2D eigenvalue weighted by molar-refractivity contribution is -0.0499. The number of ether oxygens (including phenoxy) is 3. The number of hydrogen-bond donors (Lipinski definition) is 4. The minimum Gasteiger partial charge on any atom is -0.490 e. The molecule has 3 aromatic rings. The number of aliphatic hydroxyl groups excluding tert-OH is 3. The van der Waals surface area contributed by atoms with Crippen LogP contribution in [0.4, 0.5) is 5.95 Å². The fourth-order valence-corrected chi connectivity index (χ4v) is 4.08. The highest BCUT2D eigenvalue weighted by Gasteiger charge is 2.44. The molecule has 0 saturated carbocycles. The number of aromatic nitrogens is 2. The zero-order valence-electron chi connectivity index (χ0n) is 19.6. The van der Waals surface area contributed by atoms with E-state index in [4.69, 9.17) is 14.2 Å². The maximum absolute atomic E-state index is 10.6. The summed E-state index contributed by atoms with van der Waals surface area (Å²) in [7, 11) is 0. The zero-order valence-corrected chi connectivity index (χ0v) is 19.6. The van der Waals surface area contributed by atoms with Gasteiger partial charge in [-0.3, -0.25) is 4.57 Å². The number of anilines is 1. The normalized spacial score (nSPS) is 22.3. The molecular weight excluding hydrogens is 438 g/mol. The van der Waals surface area contributed by atoms with Crippen molar-refractivity contribution in [3.8, 4) is 11.5 Å².